The van der Waals surface area contributed by atoms with Crippen molar-refractivity contribution in [3.8, 4) is 5.75 Å². The highest BCUT2D eigenvalue weighted by Gasteiger charge is 2.23. The number of ether oxygens (including phenoxy) is 1. The van der Waals surface area contributed by atoms with E-state index in [0.29, 0.717) is 43.2 Å². The average Bonchev–Trinajstić information content (AvgIpc) is 2.95. The summed E-state index contributed by atoms with van der Waals surface area (Å²) in [6.07, 6.45) is 5.34. The second-order valence-corrected chi connectivity index (χ2v) is 10.0. The predicted molar refractivity (Wildman–Crippen MR) is 149 cm³/mol. The molecule has 2 fully saturated rings. The van der Waals surface area contributed by atoms with Crippen LogP contribution < -0.4 is 15.0 Å². The molecule has 0 unspecified atom stereocenters. The number of carbonyl (C=O) groups excluding carboxylic acids is 2. The largest absolute Gasteiger partial charge is 0.415 e. The molecule has 0 bridgehead atoms. The highest BCUT2D eigenvalue weighted by Crippen LogP contribution is 2.20. The highest BCUT2D eigenvalue weighted by molar-refractivity contribution is 6.04. The maximum Gasteiger partial charge on any atom is 0.415 e. The van der Waals surface area contributed by atoms with E-state index < -0.39 is 0 Å². The Morgan fingerprint density at radius 3 is 2.21 bits per heavy atom. The average molecular weight is 514 g/mol. The molecular formula is C30H35N5O3. The molecule has 1 N–H and O–H groups in total. The standard InChI is InChI=1S/C30H35N5O3/c1-23-5-14-28(31-21-23)34-17-19-35(20-18-34)30(37)38-27-12-10-26(11-13-27)32-29(36)25-8-6-24(7-9-25)22-33-15-3-2-4-16-33/h5-14,21H,2-4,15-20,22H2,1H3,(H,32,36). The number of piperazine rings is 1. The smallest absolute Gasteiger partial charge is 0.410 e. The van der Waals surface area contributed by atoms with E-state index in [1.165, 1.54) is 24.8 Å². The summed E-state index contributed by atoms with van der Waals surface area (Å²) in [5.74, 6) is 1.20. The van der Waals surface area contributed by atoms with Gasteiger partial charge in [-0.25, -0.2) is 9.78 Å². The van der Waals surface area contributed by atoms with E-state index in [1.807, 2.05) is 49.5 Å². The first-order valence-electron chi connectivity index (χ1n) is 13.4. The van der Waals surface area contributed by atoms with Crippen molar-refractivity contribution in [1.29, 1.82) is 0 Å². The van der Waals surface area contributed by atoms with Gasteiger partial charge >= 0.3 is 6.09 Å². The molecule has 2 aromatic carbocycles. The van der Waals surface area contributed by atoms with Gasteiger partial charge in [0.05, 0.1) is 0 Å². The first-order chi connectivity index (χ1) is 18.5. The van der Waals surface area contributed by atoms with E-state index in [2.05, 4.69) is 20.1 Å². The van der Waals surface area contributed by atoms with Gasteiger partial charge < -0.3 is 19.9 Å². The fourth-order valence-corrected chi connectivity index (χ4v) is 4.88. The Kier molecular flexibility index (Phi) is 8.19. The molecule has 2 saturated heterocycles. The van der Waals surface area contributed by atoms with E-state index in [-0.39, 0.29) is 12.0 Å². The summed E-state index contributed by atoms with van der Waals surface area (Å²) in [5, 5.41) is 2.92. The second-order valence-electron chi connectivity index (χ2n) is 10.0. The third-order valence-electron chi connectivity index (χ3n) is 7.15. The number of rotatable bonds is 6. The minimum atomic E-state index is -0.372. The molecule has 0 atom stereocenters. The normalized spacial score (nSPS) is 16.2. The van der Waals surface area contributed by atoms with Gasteiger partial charge in [0.1, 0.15) is 11.6 Å². The third kappa shape index (κ3) is 6.69. The molecule has 3 heterocycles. The molecule has 8 nitrogen and oxygen atoms in total. The SMILES string of the molecule is Cc1ccc(N2CCN(C(=O)Oc3ccc(NC(=O)c4ccc(CN5CCCCC5)cc4)cc3)CC2)nc1. The van der Waals surface area contributed by atoms with Crippen molar-refractivity contribution >= 4 is 23.5 Å². The molecule has 0 saturated carbocycles. The van der Waals surface area contributed by atoms with Crippen LogP contribution in [0.5, 0.6) is 5.75 Å². The molecule has 3 aromatic rings. The predicted octanol–water partition coefficient (Wildman–Crippen LogP) is 4.95. The maximum absolute atomic E-state index is 12.7. The molecular weight excluding hydrogens is 478 g/mol. The van der Waals surface area contributed by atoms with E-state index >= 15 is 0 Å². The van der Waals surface area contributed by atoms with Crippen LogP contribution in [0.25, 0.3) is 0 Å². The molecule has 5 rings (SSSR count). The molecule has 198 valence electrons. The number of anilines is 2. The number of piperidine rings is 1. The second kappa shape index (κ2) is 12.1. The Bertz CT molecular complexity index is 1210. The van der Waals surface area contributed by atoms with Gasteiger partial charge in [-0.3, -0.25) is 9.69 Å². The van der Waals surface area contributed by atoms with Gasteiger partial charge in [0.15, 0.2) is 0 Å². The van der Waals surface area contributed by atoms with E-state index in [1.54, 1.807) is 29.2 Å². The van der Waals surface area contributed by atoms with E-state index in [4.69, 9.17) is 4.74 Å². The molecule has 2 amide bonds. The zero-order valence-electron chi connectivity index (χ0n) is 21.9. The van der Waals surface area contributed by atoms with Crippen LogP contribution in [0.1, 0.15) is 40.7 Å². The molecule has 2 aliphatic heterocycles. The van der Waals surface area contributed by atoms with Gasteiger partial charge in [-0.2, -0.15) is 0 Å². The summed E-state index contributed by atoms with van der Waals surface area (Å²) in [4.78, 5) is 36.2. The molecule has 38 heavy (non-hydrogen) atoms. The van der Waals surface area contributed by atoms with E-state index in [0.717, 1.165) is 31.0 Å². The van der Waals surface area contributed by atoms with Crippen LogP contribution in [0.4, 0.5) is 16.3 Å². The lowest BCUT2D eigenvalue weighted by Gasteiger charge is -2.34. The third-order valence-corrected chi connectivity index (χ3v) is 7.15. The molecule has 0 spiro atoms. The minimum absolute atomic E-state index is 0.166. The van der Waals surface area contributed by atoms with Crippen LogP contribution in [-0.2, 0) is 6.54 Å². The quantitative estimate of drug-likeness (QED) is 0.503. The fraction of sp³-hybridized carbons (Fsp3) is 0.367. The summed E-state index contributed by atoms with van der Waals surface area (Å²) in [6, 6.07) is 18.7. The van der Waals surface area contributed by atoms with Gasteiger partial charge in [0, 0.05) is 50.2 Å². The Hall–Kier alpha value is -3.91. The zero-order valence-corrected chi connectivity index (χ0v) is 21.9. The maximum atomic E-state index is 12.7. The van der Waals surface area contributed by atoms with E-state index in [9.17, 15) is 9.59 Å². The first kappa shape index (κ1) is 25.7. The molecule has 2 aliphatic rings. The monoisotopic (exact) mass is 513 g/mol. The molecule has 0 aliphatic carbocycles. The Labute approximate surface area is 224 Å². The topological polar surface area (TPSA) is 78.0 Å². The number of likely N-dealkylation sites (tertiary alicyclic amines) is 1. The number of hydrogen-bond acceptors (Lipinski definition) is 6. The number of aryl methyl sites for hydroxylation is 1. The van der Waals surface area contributed by atoms with Gasteiger partial charge in [-0.05, 0) is 86.4 Å². The van der Waals surface area contributed by atoms with Crippen molar-refractivity contribution in [2.24, 2.45) is 0 Å². The number of pyridine rings is 1. The van der Waals surface area contributed by atoms with Crippen molar-refractivity contribution in [3.63, 3.8) is 0 Å². The summed E-state index contributed by atoms with van der Waals surface area (Å²) < 4.78 is 5.57. The molecule has 0 radical (unpaired) electrons. The Morgan fingerprint density at radius 1 is 0.842 bits per heavy atom. The van der Waals surface area contributed by atoms with Crippen LogP contribution in [0.3, 0.4) is 0 Å². The van der Waals surface area contributed by atoms with Gasteiger partial charge in [-0.1, -0.05) is 24.6 Å². The number of hydrogen-bond donors (Lipinski definition) is 1. The van der Waals surface area contributed by atoms with Crippen LogP contribution in [0.15, 0.2) is 66.9 Å². The lowest BCUT2D eigenvalue weighted by atomic mass is 10.1. The summed E-state index contributed by atoms with van der Waals surface area (Å²) in [7, 11) is 0. The van der Waals surface area contributed by atoms with Gasteiger partial charge in [0.25, 0.3) is 5.91 Å². The number of benzene rings is 2. The minimum Gasteiger partial charge on any atom is -0.410 e. The van der Waals surface area contributed by atoms with Crippen molar-refractivity contribution in [1.82, 2.24) is 14.8 Å². The number of nitrogens with zero attached hydrogens (tertiary/aromatic N) is 4. The summed E-state index contributed by atoms with van der Waals surface area (Å²) in [5.41, 5.74) is 3.61. The number of nitrogens with one attached hydrogen (secondary N) is 1. The Morgan fingerprint density at radius 2 is 1.55 bits per heavy atom. The lowest BCUT2D eigenvalue weighted by Crippen LogP contribution is -2.49. The van der Waals surface area contributed by atoms with Gasteiger partial charge in [0.2, 0.25) is 0 Å². The summed E-state index contributed by atoms with van der Waals surface area (Å²) >= 11 is 0. The fourth-order valence-electron chi connectivity index (χ4n) is 4.88. The van der Waals surface area contributed by atoms with Crippen LogP contribution in [0, 0.1) is 6.92 Å². The summed E-state index contributed by atoms with van der Waals surface area (Å²) in [6.45, 7) is 7.79. The highest BCUT2D eigenvalue weighted by atomic mass is 16.6. The number of carbonyl (C=O) groups is 2. The zero-order chi connectivity index (χ0) is 26.3. The van der Waals surface area contributed by atoms with Crippen molar-refractivity contribution < 1.29 is 14.3 Å². The molecule has 1 aromatic heterocycles. The van der Waals surface area contributed by atoms with Gasteiger partial charge in [-0.15, -0.1) is 0 Å². The Balaban J connectivity index is 1.08. The van der Waals surface area contributed by atoms with Crippen molar-refractivity contribution in [2.45, 2.75) is 32.7 Å². The first-order valence-corrected chi connectivity index (χ1v) is 13.4. The van der Waals surface area contributed by atoms with Crippen LogP contribution >= 0.6 is 0 Å². The van der Waals surface area contributed by atoms with Crippen LogP contribution in [-0.4, -0.2) is 66.1 Å². The van der Waals surface area contributed by atoms with Crippen LogP contribution in [0.2, 0.25) is 0 Å². The van der Waals surface area contributed by atoms with Crippen molar-refractivity contribution in [3.05, 3.63) is 83.6 Å². The number of amides is 2. The van der Waals surface area contributed by atoms with Crippen molar-refractivity contribution in [2.75, 3.05) is 49.5 Å². The number of aromatic nitrogens is 1. The lowest BCUT2D eigenvalue weighted by molar-refractivity contribution is 0.102. The molecule has 8 heteroatoms.